The van der Waals surface area contributed by atoms with Gasteiger partial charge in [-0.2, -0.15) is 5.26 Å². The van der Waals surface area contributed by atoms with Crippen LogP contribution in [0, 0.1) is 21.8 Å². The second-order valence-corrected chi connectivity index (χ2v) is 6.07. The van der Waals surface area contributed by atoms with Crippen LogP contribution in [0.15, 0.2) is 54.5 Å². The SMILES string of the molecule is Cc1cc(I)ccc1NC(=O)/C(C#N)=C\NCc1cccnc1. The van der Waals surface area contributed by atoms with Gasteiger partial charge in [-0.25, -0.2) is 0 Å². The predicted molar refractivity (Wildman–Crippen MR) is 97.3 cm³/mol. The Hall–Kier alpha value is -2.40. The lowest BCUT2D eigenvalue weighted by molar-refractivity contribution is -0.112. The quantitative estimate of drug-likeness (QED) is 0.445. The van der Waals surface area contributed by atoms with Gasteiger partial charge in [0, 0.05) is 34.4 Å². The van der Waals surface area contributed by atoms with Crippen LogP contribution in [0.3, 0.4) is 0 Å². The molecule has 1 aromatic carbocycles. The molecule has 2 aromatic rings. The van der Waals surface area contributed by atoms with Gasteiger partial charge in [-0.1, -0.05) is 6.07 Å². The van der Waals surface area contributed by atoms with Crippen LogP contribution in [-0.2, 0) is 11.3 Å². The van der Waals surface area contributed by atoms with E-state index in [4.69, 9.17) is 5.26 Å². The number of aromatic nitrogens is 1. The number of carbonyl (C=O) groups is 1. The Morgan fingerprint density at radius 2 is 2.26 bits per heavy atom. The van der Waals surface area contributed by atoms with Crippen molar-refractivity contribution in [3.63, 3.8) is 0 Å². The van der Waals surface area contributed by atoms with Crippen molar-refractivity contribution >= 4 is 34.2 Å². The molecule has 0 aliphatic heterocycles. The number of amides is 1. The minimum atomic E-state index is -0.435. The van der Waals surface area contributed by atoms with Crippen molar-refractivity contribution in [2.24, 2.45) is 0 Å². The summed E-state index contributed by atoms with van der Waals surface area (Å²) < 4.78 is 1.09. The number of aryl methyl sites for hydroxylation is 1. The molecule has 6 heteroatoms. The average Bonchev–Trinajstić information content (AvgIpc) is 2.55. The summed E-state index contributed by atoms with van der Waals surface area (Å²) in [5, 5.41) is 14.9. The summed E-state index contributed by atoms with van der Waals surface area (Å²) in [7, 11) is 0. The Kier molecular flexibility index (Phi) is 6.11. The molecule has 0 saturated heterocycles. The number of anilines is 1. The van der Waals surface area contributed by atoms with Gasteiger partial charge in [0.1, 0.15) is 11.6 Å². The Morgan fingerprint density at radius 3 is 2.91 bits per heavy atom. The van der Waals surface area contributed by atoms with E-state index in [1.807, 2.05) is 43.3 Å². The number of nitrogens with one attached hydrogen (secondary N) is 2. The smallest absolute Gasteiger partial charge is 0.267 e. The van der Waals surface area contributed by atoms with E-state index in [2.05, 4.69) is 38.2 Å². The van der Waals surface area contributed by atoms with Crippen LogP contribution in [0.4, 0.5) is 5.69 Å². The molecular formula is C17H15IN4O. The largest absolute Gasteiger partial charge is 0.386 e. The number of nitriles is 1. The molecule has 0 aliphatic carbocycles. The maximum atomic E-state index is 12.2. The summed E-state index contributed by atoms with van der Waals surface area (Å²) in [6.45, 7) is 2.41. The van der Waals surface area contributed by atoms with Crippen LogP contribution in [0.1, 0.15) is 11.1 Å². The number of hydrogen-bond donors (Lipinski definition) is 2. The zero-order valence-corrected chi connectivity index (χ0v) is 14.7. The zero-order chi connectivity index (χ0) is 16.7. The second kappa shape index (κ2) is 8.29. The van der Waals surface area contributed by atoms with Crippen LogP contribution in [0.5, 0.6) is 0 Å². The highest BCUT2D eigenvalue weighted by molar-refractivity contribution is 14.1. The van der Waals surface area contributed by atoms with Gasteiger partial charge in [-0.15, -0.1) is 0 Å². The Bertz CT molecular complexity index is 766. The van der Waals surface area contributed by atoms with E-state index >= 15 is 0 Å². The molecule has 0 fully saturated rings. The first-order valence-corrected chi connectivity index (χ1v) is 7.98. The fraction of sp³-hybridized carbons (Fsp3) is 0.118. The van der Waals surface area contributed by atoms with E-state index in [0.717, 1.165) is 14.7 Å². The summed E-state index contributed by atoms with van der Waals surface area (Å²) >= 11 is 2.21. The van der Waals surface area contributed by atoms with Crippen molar-refractivity contribution in [3.05, 3.63) is 69.2 Å². The highest BCUT2D eigenvalue weighted by atomic mass is 127. The maximum absolute atomic E-state index is 12.2. The monoisotopic (exact) mass is 418 g/mol. The third-order valence-corrected chi connectivity index (χ3v) is 3.75. The molecule has 116 valence electrons. The highest BCUT2D eigenvalue weighted by Crippen LogP contribution is 2.18. The molecule has 1 aromatic heterocycles. The van der Waals surface area contributed by atoms with Crippen molar-refractivity contribution in [3.8, 4) is 6.07 Å². The summed E-state index contributed by atoms with van der Waals surface area (Å²) in [4.78, 5) is 16.2. The number of hydrogen-bond acceptors (Lipinski definition) is 4. The van der Waals surface area contributed by atoms with E-state index in [1.165, 1.54) is 6.20 Å². The number of rotatable bonds is 5. The van der Waals surface area contributed by atoms with Crippen molar-refractivity contribution in [1.29, 1.82) is 5.26 Å². The van der Waals surface area contributed by atoms with Crippen LogP contribution < -0.4 is 10.6 Å². The number of benzene rings is 1. The van der Waals surface area contributed by atoms with Crippen LogP contribution in [-0.4, -0.2) is 10.9 Å². The first-order valence-electron chi connectivity index (χ1n) is 6.90. The Morgan fingerprint density at radius 1 is 1.43 bits per heavy atom. The zero-order valence-electron chi connectivity index (χ0n) is 12.5. The fourth-order valence-electron chi connectivity index (χ4n) is 1.88. The maximum Gasteiger partial charge on any atom is 0.267 e. The summed E-state index contributed by atoms with van der Waals surface area (Å²) in [5.41, 5.74) is 2.64. The molecule has 2 rings (SSSR count). The average molecular weight is 418 g/mol. The predicted octanol–water partition coefficient (Wildman–Crippen LogP) is 3.13. The third kappa shape index (κ3) is 5.07. The molecule has 0 unspecified atom stereocenters. The fourth-order valence-corrected chi connectivity index (χ4v) is 2.53. The van der Waals surface area contributed by atoms with Gasteiger partial charge in [-0.3, -0.25) is 9.78 Å². The number of halogens is 1. The minimum Gasteiger partial charge on any atom is -0.386 e. The van der Waals surface area contributed by atoms with Crippen LogP contribution >= 0.6 is 22.6 Å². The van der Waals surface area contributed by atoms with Gasteiger partial charge < -0.3 is 10.6 Å². The molecule has 0 spiro atoms. The summed E-state index contributed by atoms with van der Waals surface area (Å²) in [6.07, 6.45) is 4.84. The molecule has 0 bridgehead atoms. The van der Waals surface area contributed by atoms with Gasteiger partial charge in [0.15, 0.2) is 0 Å². The molecule has 1 heterocycles. The first kappa shape index (κ1) is 17.0. The Balaban J connectivity index is 2.00. The van der Waals surface area contributed by atoms with E-state index in [1.54, 1.807) is 12.4 Å². The molecular weight excluding hydrogens is 403 g/mol. The number of carbonyl (C=O) groups excluding carboxylic acids is 1. The van der Waals surface area contributed by atoms with Gasteiger partial charge in [0.05, 0.1) is 0 Å². The lowest BCUT2D eigenvalue weighted by Gasteiger charge is -2.08. The van der Waals surface area contributed by atoms with E-state index < -0.39 is 5.91 Å². The van der Waals surface area contributed by atoms with Crippen molar-refractivity contribution in [2.75, 3.05) is 5.32 Å². The standard InChI is InChI=1S/C17H15IN4O/c1-12-7-15(18)4-5-16(12)22-17(23)14(8-19)11-21-10-13-3-2-6-20-9-13/h2-7,9,11,21H,10H2,1H3,(H,22,23)/b14-11-. The molecule has 5 nitrogen and oxygen atoms in total. The van der Waals surface area contributed by atoms with Gasteiger partial charge >= 0.3 is 0 Å². The molecule has 1 amide bonds. The number of nitrogens with zero attached hydrogens (tertiary/aromatic N) is 2. The lowest BCUT2D eigenvalue weighted by atomic mass is 10.2. The van der Waals surface area contributed by atoms with Crippen molar-refractivity contribution < 1.29 is 4.79 Å². The van der Waals surface area contributed by atoms with Crippen LogP contribution in [0.2, 0.25) is 0 Å². The molecule has 2 N–H and O–H groups in total. The highest BCUT2D eigenvalue weighted by Gasteiger charge is 2.10. The second-order valence-electron chi connectivity index (χ2n) is 4.83. The number of pyridine rings is 1. The first-order chi connectivity index (χ1) is 11.1. The van der Waals surface area contributed by atoms with Crippen molar-refractivity contribution in [1.82, 2.24) is 10.3 Å². The van der Waals surface area contributed by atoms with E-state index in [-0.39, 0.29) is 5.57 Å². The van der Waals surface area contributed by atoms with E-state index in [9.17, 15) is 4.79 Å². The van der Waals surface area contributed by atoms with Gasteiger partial charge in [0.25, 0.3) is 5.91 Å². The molecule has 23 heavy (non-hydrogen) atoms. The molecule has 0 saturated carbocycles. The van der Waals surface area contributed by atoms with Gasteiger partial charge in [-0.05, 0) is 64.9 Å². The van der Waals surface area contributed by atoms with Gasteiger partial charge in [0.2, 0.25) is 0 Å². The lowest BCUT2D eigenvalue weighted by Crippen LogP contribution is -2.17. The molecule has 0 radical (unpaired) electrons. The summed E-state index contributed by atoms with van der Waals surface area (Å²) in [5.74, 6) is -0.435. The third-order valence-electron chi connectivity index (χ3n) is 3.08. The molecule has 0 atom stereocenters. The Labute approximate surface area is 148 Å². The van der Waals surface area contributed by atoms with Crippen LogP contribution in [0.25, 0.3) is 0 Å². The molecule has 0 aliphatic rings. The topological polar surface area (TPSA) is 77.8 Å². The summed E-state index contributed by atoms with van der Waals surface area (Å²) in [6, 6.07) is 11.3. The normalized spacial score (nSPS) is 10.7. The van der Waals surface area contributed by atoms with E-state index in [0.29, 0.717) is 12.2 Å². The van der Waals surface area contributed by atoms with Crippen molar-refractivity contribution in [2.45, 2.75) is 13.5 Å². The minimum absolute atomic E-state index is 0.0202.